The minimum Gasteiger partial charge on any atom is -0.465 e. The van der Waals surface area contributed by atoms with Crippen LogP contribution in [0.1, 0.15) is 21.7 Å². The summed E-state index contributed by atoms with van der Waals surface area (Å²) in [6.45, 7) is 0.312. The highest BCUT2D eigenvalue weighted by Crippen LogP contribution is 2.13. The molecule has 0 spiro atoms. The highest BCUT2D eigenvalue weighted by molar-refractivity contribution is 5.93. The van der Waals surface area contributed by atoms with Crippen LogP contribution in [0.15, 0.2) is 53.2 Å². The van der Waals surface area contributed by atoms with Gasteiger partial charge >= 0.3 is 5.97 Å². The zero-order valence-electron chi connectivity index (χ0n) is 12.5. The Hall–Kier alpha value is -2.82. The van der Waals surface area contributed by atoms with E-state index in [0.717, 1.165) is 5.56 Å². The first-order valence-electron chi connectivity index (χ1n) is 6.74. The van der Waals surface area contributed by atoms with Gasteiger partial charge in [0.15, 0.2) is 0 Å². The molecule has 2 aromatic rings. The Morgan fingerprint density at radius 1 is 1.23 bits per heavy atom. The lowest BCUT2D eigenvalue weighted by molar-refractivity contribution is -0.125. The van der Waals surface area contributed by atoms with Gasteiger partial charge in [-0.1, -0.05) is 18.2 Å². The van der Waals surface area contributed by atoms with Crippen LogP contribution in [0.4, 0.5) is 0 Å². The van der Waals surface area contributed by atoms with Gasteiger partial charge in [0.1, 0.15) is 5.76 Å². The molecule has 114 valence electrons. The van der Waals surface area contributed by atoms with Gasteiger partial charge in [-0.2, -0.15) is 0 Å². The second-order valence-electron chi connectivity index (χ2n) is 4.69. The number of likely N-dealkylation sites (N-methyl/N-ethyl adjacent to an activating group) is 1. The first-order valence-corrected chi connectivity index (χ1v) is 6.74. The average Bonchev–Trinajstić information content (AvgIpc) is 3.05. The fraction of sp³-hybridized carbons (Fsp3) is 0.176. The van der Waals surface area contributed by atoms with Crippen LogP contribution in [0.3, 0.4) is 0 Å². The number of furan rings is 1. The molecule has 0 aliphatic carbocycles. The van der Waals surface area contributed by atoms with Crippen molar-refractivity contribution in [1.82, 2.24) is 4.90 Å². The fourth-order valence-corrected chi connectivity index (χ4v) is 1.97. The Morgan fingerprint density at radius 3 is 2.68 bits per heavy atom. The van der Waals surface area contributed by atoms with Crippen molar-refractivity contribution >= 4 is 18.0 Å². The van der Waals surface area contributed by atoms with E-state index in [2.05, 4.69) is 0 Å². The summed E-state index contributed by atoms with van der Waals surface area (Å²) in [6.07, 6.45) is 4.57. The number of rotatable bonds is 5. The van der Waals surface area contributed by atoms with Gasteiger partial charge in [-0.05, 0) is 29.8 Å². The Balaban J connectivity index is 2.07. The summed E-state index contributed by atoms with van der Waals surface area (Å²) >= 11 is 0. The maximum absolute atomic E-state index is 12.1. The Morgan fingerprint density at radius 2 is 2.00 bits per heavy atom. The quantitative estimate of drug-likeness (QED) is 0.629. The van der Waals surface area contributed by atoms with Crippen LogP contribution in [0.25, 0.3) is 6.08 Å². The molecule has 0 atom stereocenters. The van der Waals surface area contributed by atoms with Crippen molar-refractivity contribution in [1.29, 1.82) is 0 Å². The van der Waals surface area contributed by atoms with Crippen molar-refractivity contribution in [3.8, 4) is 0 Å². The number of nitrogens with zero attached hydrogens (tertiary/aromatic N) is 1. The van der Waals surface area contributed by atoms with Crippen molar-refractivity contribution in [2.75, 3.05) is 14.2 Å². The Kier molecular flexibility index (Phi) is 5.14. The van der Waals surface area contributed by atoms with E-state index in [-0.39, 0.29) is 5.91 Å². The molecule has 0 bridgehead atoms. The lowest BCUT2D eigenvalue weighted by Gasteiger charge is -2.17. The van der Waals surface area contributed by atoms with Gasteiger partial charge in [0.25, 0.3) is 0 Å². The number of amides is 1. The molecule has 1 heterocycles. The van der Waals surface area contributed by atoms with E-state index in [4.69, 9.17) is 9.15 Å². The lowest BCUT2D eigenvalue weighted by atomic mass is 10.1. The molecule has 1 aromatic heterocycles. The third kappa shape index (κ3) is 3.85. The predicted molar refractivity (Wildman–Crippen MR) is 82.0 cm³/mol. The molecular weight excluding hydrogens is 282 g/mol. The molecule has 0 saturated heterocycles. The molecule has 5 nitrogen and oxygen atoms in total. The van der Waals surface area contributed by atoms with Gasteiger partial charge in [0, 0.05) is 19.7 Å². The molecule has 22 heavy (non-hydrogen) atoms. The van der Waals surface area contributed by atoms with E-state index >= 15 is 0 Å². The van der Waals surface area contributed by atoms with Gasteiger partial charge in [0.05, 0.1) is 18.9 Å². The van der Waals surface area contributed by atoms with Crippen LogP contribution >= 0.6 is 0 Å². The lowest BCUT2D eigenvalue weighted by Crippen LogP contribution is -2.25. The normalized spacial score (nSPS) is 10.6. The summed E-state index contributed by atoms with van der Waals surface area (Å²) < 4.78 is 9.87. The SMILES string of the molecule is COC(=O)c1ccccc1CN(C)C(=O)C=Cc1ccco1. The molecule has 0 unspecified atom stereocenters. The first-order chi connectivity index (χ1) is 10.6. The van der Waals surface area contributed by atoms with Crippen LogP contribution in [-0.2, 0) is 16.1 Å². The molecule has 0 aliphatic heterocycles. The maximum Gasteiger partial charge on any atom is 0.338 e. The fourth-order valence-electron chi connectivity index (χ4n) is 1.97. The smallest absolute Gasteiger partial charge is 0.338 e. The molecule has 0 fully saturated rings. The molecule has 0 saturated carbocycles. The Labute approximate surface area is 128 Å². The number of carbonyl (C=O) groups excluding carboxylic acids is 2. The third-order valence-corrected chi connectivity index (χ3v) is 3.14. The summed E-state index contributed by atoms with van der Waals surface area (Å²) in [7, 11) is 3.00. The van der Waals surface area contributed by atoms with Gasteiger partial charge in [-0.25, -0.2) is 4.79 Å². The van der Waals surface area contributed by atoms with Crippen molar-refractivity contribution < 1.29 is 18.7 Å². The van der Waals surface area contributed by atoms with Crippen LogP contribution in [0.5, 0.6) is 0 Å². The van der Waals surface area contributed by atoms with E-state index in [9.17, 15) is 9.59 Å². The number of carbonyl (C=O) groups is 2. The zero-order chi connectivity index (χ0) is 15.9. The Bertz CT molecular complexity index is 674. The van der Waals surface area contributed by atoms with E-state index in [1.54, 1.807) is 49.7 Å². The number of hydrogen-bond donors (Lipinski definition) is 0. The van der Waals surface area contributed by atoms with E-state index in [0.29, 0.717) is 17.9 Å². The topological polar surface area (TPSA) is 59.8 Å². The molecule has 1 amide bonds. The summed E-state index contributed by atoms with van der Waals surface area (Å²) in [6, 6.07) is 10.6. The zero-order valence-corrected chi connectivity index (χ0v) is 12.5. The van der Waals surface area contributed by atoms with Crippen LogP contribution in [0.2, 0.25) is 0 Å². The van der Waals surface area contributed by atoms with Crippen molar-refractivity contribution in [2.24, 2.45) is 0 Å². The number of methoxy groups -OCH3 is 1. The van der Waals surface area contributed by atoms with Gasteiger partial charge in [-0.15, -0.1) is 0 Å². The van der Waals surface area contributed by atoms with Crippen molar-refractivity contribution in [3.63, 3.8) is 0 Å². The molecule has 0 N–H and O–H groups in total. The van der Waals surface area contributed by atoms with Crippen LogP contribution in [0, 0.1) is 0 Å². The minimum absolute atomic E-state index is 0.184. The highest BCUT2D eigenvalue weighted by Gasteiger charge is 2.14. The van der Waals surface area contributed by atoms with Gasteiger partial charge in [0.2, 0.25) is 5.91 Å². The summed E-state index contributed by atoms with van der Waals surface area (Å²) in [4.78, 5) is 25.3. The van der Waals surface area contributed by atoms with Gasteiger partial charge in [-0.3, -0.25) is 4.79 Å². The van der Waals surface area contributed by atoms with Crippen LogP contribution in [-0.4, -0.2) is 30.9 Å². The molecular formula is C17H17NO4. The monoisotopic (exact) mass is 299 g/mol. The molecule has 5 heteroatoms. The standard InChI is InChI=1S/C17H17NO4/c1-18(16(19)10-9-14-7-5-11-22-14)12-13-6-3-4-8-15(13)17(20)21-2/h3-11H,12H2,1-2H3. The van der Waals surface area contributed by atoms with E-state index in [1.807, 2.05) is 6.07 Å². The van der Waals surface area contributed by atoms with Gasteiger partial charge < -0.3 is 14.1 Å². The third-order valence-electron chi connectivity index (χ3n) is 3.14. The molecule has 1 aromatic carbocycles. The van der Waals surface area contributed by atoms with Crippen molar-refractivity contribution in [3.05, 3.63) is 65.6 Å². The van der Waals surface area contributed by atoms with Crippen molar-refractivity contribution in [2.45, 2.75) is 6.54 Å². The molecule has 2 rings (SSSR count). The molecule has 0 radical (unpaired) electrons. The number of esters is 1. The predicted octanol–water partition coefficient (Wildman–Crippen LogP) is 2.74. The maximum atomic E-state index is 12.1. The average molecular weight is 299 g/mol. The van der Waals surface area contributed by atoms with Crippen LogP contribution < -0.4 is 0 Å². The number of benzene rings is 1. The number of hydrogen-bond acceptors (Lipinski definition) is 4. The summed E-state index contributed by atoms with van der Waals surface area (Å²) in [5.74, 6) is 0.00959. The summed E-state index contributed by atoms with van der Waals surface area (Å²) in [5, 5.41) is 0. The second-order valence-corrected chi connectivity index (χ2v) is 4.69. The largest absolute Gasteiger partial charge is 0.465 e. The van der Waals surface area contributed by atoms with E-state index < -0.39 is 5.97 Å². The molecule has 0 aliphatic rings. The second kappa shape index (κ2) is 7.26. The van der Waals surface area contributed by atoms with E-state index in [1.165, 1.54) is 18.1 Å². The minimum atomic E-state index is -0.414. The summed E-state index contributed by atoms with van der Waals surface area (Å²) in [5.41, 5.74) is 1.19. The number of ether oxygens (including phenoxy) is 1. The first kappa shape index (κ1) is 15.6. The highest BCUT2D eigenvalue weighted by atomic mass is 16.5.